The van der Waals surface area contributed by atoms with Crippen LogP contribution in [0.1, 0.15) is 11.1 Å². The first-order chi connectivity index (χ1) is 17.7. The summed E-state index contributed by atoms with van der Waals surface area (Å²) in [7, 11) is -3.99. The van der Waals surface area contributed by atoms with Crippen LogP contribution in [0.2, 0.25) is 0 Å². The highest BCUT2D eigenvalue weighted by Gasteiger charge is 2.28. The number of halogens is 1. The van der Waals surface area contributed by atoms with E-state index in [4.69, 9.17) is 10.5 Å². The molecular weight excluding hydrogens is 493 g/mol. The molecule has 7 nitrogen and oxygen atoms in total. The smallest absolute Gasteiger partial charge is 0.236 e. The Bertz CT molecular complexity index is 1600. The zero-order chi connectivity index (χ0) is 26.6. The lowest BCUT2D eigenvalue weighted by Crippen LogP contribution is -2.25. The predicted molar refractivity (Wildman–Crippen MR) is 139 cm³/mol. The van der Waals surface area contributed by atoms with Crippen LogP contribution in [0.25, 0.3) is 11.1 Å². The van der Waals surface area contributed by atoms with Crippen molar-refractivity contribution in [2.24, 2.45) is 5.73 Å². The van der Waals surface area contributed by atoms with Gasteiger partial charge in [0.1, 0.15) is 11.4 Å². The van der Waals surface area contributed by atoms with Gasteiger partial charge in [0.2, 0.25) is 15.9 Å². The molecule has 4 rings (SSSR count). The Morgan fingerprint density at radius 1 is 1.00 bits per heavy atom. The average molecular weight is 516 g/mol. The summed E-state index contributed by atoms with van der Waals surface area (Å²) in [5.41, 5.74) is 7.07. The second-order valence-electron chi connectivity index (χ2n) is 8.22. The Labute approximate surface area is 214 Å². The van der Waals surface area contributed by atoms with Crippen LogP contribution in [0.4, 0.5) is 15.8 Å². The normalized spacial score (nSPS) is 10.9. The molecule has 186 valence electrons. The summed E-state index contributed by atoms with van der Waals surface area (Å²) in [4.78, 5) is 11.3. The second-order valence-corrected chi connectivity index (χ2v) is 10.1. The number of nitrogens with two attached hydrogens (primary N) is 1. The second kappa shape index (κ2) is 10.5. The molecule has 0 fully saturated rings. The minimum Gasteiger partial charge on any atom is -0.452 e. The van der Waals surface area contributed by atoms with E-state index in [0.29, 0.717) is 16.7 Å². The van der Waals surface area contributed by atoms with Crippen molar-refractivity contribution in [3.63, 3.8) is 0 Å². The third kappa shape index (κ3) is 5.77. The van der Waals surface area contributed by atoms with Crippen molar-refractivity contribution in [3.05, 3.63) is 108 Å². The number of carbonyl (C=O) groups excluding carboxylic acids is 1. The van der Waals surface area contributed by atoms with Gasteiger partial charge in [-0.25, -0.2) is 17.1 Å². The van der Waals surface area contributed by atoms with E-state index in [1.807, 2.05) is 6.07 Å². The first kappa shape index (κ1) is 25.4. The summed E-state index contributed by atoms with van der Waals surface area (Å²) in [6, 6.07) is 26.0. The Kier molecular flexibility index (Phi) is 7.22. The van der Waals surface area contributed by atoms with E-state index in [2.05, 4.69) is 0 Å². The molecule has 0 atom stereocenters. The Balaban J connectivity index is 1.91. The monoisotopic (exact) mass is 515 g/mol. The molecule has 0 saturated heterocycles. The lowest BCUT2D eigenvalue weighted by Gasteiger charge is -2.26. The van der Waals surface area contributed by atoms with E-state index in [1.54, 1.807) is 60.7 Å². The Morgan fingerprint density at radius 3 is 2.32 bits per heavy atom. The quantitative estimate of drug-likeness (QED) is 0.343. The highest BCUT2D eigenvalue weighted by atomic mass is 32.2. The van der Waals surface area contributed by atoms with Gasteiger partial charge in [-0.05, 0) is 53.6 Å². The van der Waals surface area contributed by atoms with Crippen molar-refractivity contribution in [2.45, 2.75) is 6.42 Å². The number of rotatable bonds is 8. The molecule has 0 aliphatic rings. The van der Waals surface area contributed by atoms with Gasteiger partial charge in [-0.3, -0.25) is 4.79 Å². The maximum atomic E-state index is 16.1. The number of nitriles is 1. The maximum Gasteiger partial charge on any atom is 0.236 e. The average Bonchev–Trinajstić information content (AvgIpc) is 2.87. The molecule has 4 aromatic carbocycles. The van der Waals surface area contributed by atoms with Crippen molar-refractivity contribution in [2.75, 3.05) is 10.6 Å². The van der Waals surface area contributed by atoms with E-state index in [-0.39, 0.29) is 34.9 Å². The molecule has 1 amide bonds. The molecule has 0 aromatic heterocycles. The van der Waals surface area contributed by atoms with Crippen LogP contribution >= 0.6 is 0 Å². The summed E-state index contributed by atoms with van der Waals surface area (Å²) in [6.45, 7) is 0. The van der Waals surface area contributed by atoms with Crippen molar-refractivity contribution < 1.29 is 22.3 Å². The van der Waals surface area contributed by atoms with Gasteiger partial charge in [0.05, 0.1) is 30.0 Å². The molecule has 2 N–H and O–H groups in total. The van der Waals surface area contributed by atoms with Crippen molar-refractivity contribution in [3.8, 4) is 28.7 Å². The first-order valence-electron chi connectivity index (χ1n) is 11.1. The number of amides is 1. The standard InChI is InChI=1S/C28H22FN3O4S/c1-37(34,35)32(22-12-10-19(11-13-22)17-26(31)33)25-15-14-24(21-7-3-2-4-8-21)27(29)28(25)36-23-9-5-6-20(16-23)18-30/h2-16H,17H2,1H3,(H2,31,33). The summed E-state index contributed by atoms with van der Waals surface area (Å²) < 4.78 is 49.0. The molecule has 0 aliphatic carbocycles. The number of nitrogens with zero attached hydrogens (tertiary/aromatic N) is 2. The van der Waals surface area contributed by atoms with Crippen LogP contribution in [0.15, 0.2) is 91.0 Å². The van der Waals surface area contributed by atoms with Crippen molar-refractivity contribution in [1.82, 2.24) is 0 Å². The summed E-state index contributed by atoms with van der Waals surface area (Å²) in [6.07, 6.45) is 0.983. The van der Waals surface area contributed by atoms with Gasteiger partial charge in [-0.1, -0.05) is 48.5 Å². The number of primary amides is 1. The number of ether oxygens (including phenoxy) is 1. The first-order valence-corrected chi connectivity index (χ1v) is 13.0. The van der Waals surface area contributed by atoms with Gasteiger partial charge < -0.3 is 10.5 Å². The zero-order valence-corrected chi connectivity index (χ0v) is 20.6. The molecule has 0 radical (unpaired) electrons. The van der Waals surface area contributed by atoms with Gasteiger partial charge in [-0.15, -0.1) is 0 Å². The van der Waals surface area contributed by atoms with Crippen LogP contribution in [0.3, 0.4) is 0 Å². The number of anilines is 2. The molecule has 37 heavy (non-hydrogen) atoms. The Morgan fingerprint density at radius 2 is 1.70 bits per heavy atom. The summed E-state index contributed by atoms with van der Waals surface area (Å²) in [5, 5.41) is 9.25. The topological polar surface area (TPSA) is 113 Å². The van der Waals surface area contributed by atoms with Gasteiger partial charge in [-0.2, -0.15) is 5.26 Å². The highest BCUT2D eigenvalue weighted by molar-refractivity contribution is 7.92. The molecule has 0 saturated carbocycles. The zero-order valence-electron chi connectivity index (χ0n) is 19.8. The molecule has 0 heterocycles. The lowest BCUT2D eigenvalue weighted by molar-refractivity contribution is -0.117. The third-order valence-corrected chi connectivity index (χ3v) is 6.51. The number of benzene rings is 4. The summed E-state index contributed by atoms with van der Waals surface area (Å²) in [5.74, 6) is -1.47. The predicted octanol–water partition coefficient (Wildman–Crippen LogP) is 5.28. The van der Waals surface area contributed by atoms with E-state index in [0.717, 1.165) is 10.6 Å². The highest BCUT2D eigenvalue weighted by Crippen LogP contribution is 2.43. The van der Waals surface area contributed by atoms with E-state index in [9.17, 15) is 18.5 Å². The molecular formula is C28H22FN3O4S. The minimum atomic E-state index is -3.99. The Hall–Kier alpha value is -4.68. The number of hydrogen-bond acceptors (Lipinski definition) is 5. The number of hydrogen-bond donors (Lipinski definition) is 1. The maximum absolute atomic E-state index is 16.1. The SMILES string of the molecule is CS(=O)(=O)N(c1ccc(CC(N)=O)cc1)c1ccc(-c2ccccc2)c(F)c1Oc1cccc(C#N)c1. The largest absolute Gasteiger partial charge is 0.452 e. The third-order valence-electron chi connectivity index (χ3n) is 5.44. The van der Waals surface area contributed by atoms with Crippen LogP contribution in [-0.4, -0.2) is 20.6 Å². The van der Waals surface area contributed by atoms with E-state index >= 15 is 4.39 Å². The molecule has 0 bridgehead atoms. The number of sulfonamides is 1. The molecule has 0 spiro atoms. The van der Waals surface area contributed by atoms with E-state index in [1.165, 1.54) is 30.3 Å². The fourth-order valence-electron chi connectivity index (χ4n) is 3.85. The number of carbonyl (C=O) groups is 1. The molecule has 4 aromatic rings. The molecule has 0 unspecified atom stereocenters. The summed E-state index contributed by atoms with van der Waals surface area (Å²) >= 11 is 0. The van der Waals surface area contributed by atoms with Gasteiger partial charge in [0.15, 0.2) is 11.6 Å². The van der Waals surface area contributed by atoms with Gasteiger partial charge >= 0.3 is 0 Å². The lowest BCUT2D eigenvalue weighted by atomic mass is 10.0. The minimum absolute atomic E-state index is 0.0108. The fraction of sp³-hybridized carbons (Fsp3) is 0.0714. The van der Waals surface area contributed by atoms with Crippen molar-refractivity contribution >= 4 is 27.3 Å². The van der Waals surface area contributed by atoms with Crippen LogP contribution in [0.5, 0.6) is 11.5 Å². The van der Waals surface area contributed by atoms with Crippen LogP contribution < -0.4 is 14.8 Å². The van der Waals surface area contributed by atoms with Gasteiger partial charge in [0, 0.05) is 5.56 Å². The van der Waals surface area contributed by atoms with Crippen LogP contribution in [-0.2, 0) is 21.2 Å². The fourth-order valence-corrected chi connectivity index (χ4v) is 4.86. The van der Waals surface area contributed by atoms with Gasteiger partial charge in [0.25, 0.3) is 0 Å². The molecule has 9 heteroatoms. The van der Waals surface area contributed by atoms with E-state index < -0.39 is 21.7 Å². The van der Waals surface area contributed by atoms with Crippen LogP contribution in [0, 0.1) is 17.1 Å². The van der Waals surface area contributed by atoms with Crippen molar-refractivity contribution in [1.29, 1.82) is 5.26 Å². The molecule has 0 aliphatic heterocycles.